The van der Waals surface area contributed by atoms with E-state index in [2.05, 4.69) is 25.1 Å². The average Bonchev–Trinajstić information content (AvgIpc) is 3.33. The van der Waals surface area contributed by atoms with Gasteiger partial charge >= 0.3 is 0 Å². The van der Waals surface area contributed by atoms with Crippen LogP contribution < -0.4 is 9.80 Å². The second-order valence-corrected chi connectivity index (χ2v) is 6.66. The first-order valence-corrected chi connectivity index (χ1v) is 8.36. The molecule has 4 heterocycles. The predicted octanol–water partition coefficient (Wildman–Crippen LogP) is 1.26. The summed E-state index contributed by atoms with van der Waals surface area (Å²) in [5.74, 6) is 2.27. The third kappa shape index (κ3) is 2.38. The van der Waals surface area contributed by atoms with Gasteiger partial charge in [0.25, 0.3) is 0 Å². The topological polar surface area (TPSA) is 75.3 Å². The van der Waals surface area contributed by atoms with E-state index in [4.69, 9.17) is 5.10 Å². The molecular weight excluding hydrogens is 323 g/mol. The first-order valence-electron chi connectivity index (χ1n) is 8.36. The molecule has 2 fully saturated rings. The van der Waals surface area contributed by atoms with Gasteiger partial charge in [-0.2, -0.15) is 4.52 Å². The number of fused-ring (bicyclic) bond motifs is 1. The highest BCUT2D eigenvalue weighted by Gasteiger charge is 2.34. The van der Waals surface area contributed by atoms with Crippen molar-refractivity contribution in [2.24, 2.45) is 0 Å². The molecule has 1 aliphatic heterocycles. The summed E-state index contributed by atoms with van der Waals surface area (Å²) < 4.78 is 15.7. The van der Waals surface area contributed by atoms with Gasteiger partial charge < -0.3 is 9.80 Å². The fraction of sp³-hybridized carbons (Fsp3) is 0.438. The summed E-state index contributed by atoms with van der Waals surface area (Å²) in [6.45, 7) is 1.53. The Labute approximate surface area is 143 Å². The summed E-state index contributed by atoms with van der Waals surface area (Å²) in [6.07, 6.45) is 4.88. The van der Waals surface area contributed by atoms with Crippen LogP contribution in [0.5, 0.6) is 0 Å². The summed E-state index contributed by atoms with van der Waals surface area (Å²) in [5, 5.41) is 13.1. The van der Waals surface area contributed by atoms with Gasteiger partial charge in [-0.25, -0.2) is 14.4 Å². The molecule has 8 nitrogen and oxygen atoms in total. The predicted molar refractivity (Wildman–Crippen MR) is 89.2 cm³/mol. The Balaban J connectivity index is 1.34. The zero-order valence-corrected chi connectivity index (χ0v) is 13.7. The Morgan fingerprint density at radius 1 is 1.20 bits per heavy atom. The van der Waals surface area contributed by atoms with Crippen LogP contribution in [0.4, 0.5) is 16.0 Å². The number of hydrogen-bond donors (Lipinski definition) is 0. The van der Waals surface area contributed by atoms with Crippen molar-refractivity contribution in [3.05, 3.63) is 36.3 Å². The zero-order valence-electron chi connectivity index (χ0n) is 13.7. The monoisotopic (exact) mass is 340 g/mol. The minimum absolute atomic E-state index is 0.186. The van der Waals surface area contributed by atoms with Gasteiger partial charge in [-0.1, -0.05) is 0 Å². The minimum atomic E-state index is -0.401. The molecule has 1 aliphatic carbocycles. The maximum absolute atomic E-state index is 13.8. The molecule has 128 valence electrons. The molecule has 9 heteroatoms. The Morgan fingerprint density at radius 3 is 2.80 bits per heavy atom. The van der Waals surface area contributed by atoms with Gasteiger partial charge in [0.2, 0.25) is 0 Å². The van der Waals surface area contributed by atoms with Crippen LogP contribution in [0.2, 0.25) is 0 Å². The smallest absolute Gasteiger partial charge is 0.183 e. The number of aromatic nitrogens is 6. The summed E-state index contributed by atoms with van der Waals surface area (Å²) in [5.41, 5.74) is 0.780. The van der Waals surface area contributed by atoms with Crippen LogP contribution in [0.1, 0.15) is 24.6 Å². The van der Waals surface area contributed by atoms with E-state index in [0.717, 1.165) is 43.2 Å². The third-order valence-electron chi connectivity index (χ3n) is 4.93. The van der Waals surface area contributed by atoms with Crippen molar-refractivity contribution in [1.29, 1.82) is 0 Å². The molecule has 0 aromatic carbocycles. The van der Waals surface area contributed by atoms with Crippen LogP contribution in [-0.4, -0.2) is 56.0 Å². The van der Waals surface area contributed by atoms with E-state index in [0.29, 0.717) is 11.7 Å². The van der Waals surface area contributed by atoms with Crippen LogP contribution in [0, 0.1) is 5.82 Å². The molecule has 3 aromatic rings. The molecular formula is C16H17FN8. The zero-order chi connectivity index (χ0) is 17.0. The Bertz CT molecular complexity index is 931. The number of likely N-dealkylation sites (N-methyl/N-ethyl adjacent to an activating group) is 1. The lowest BCUT2D eigenvalue weighted by Crippen LogP contribution is -2.59. The molecule has 5 rings (SSSR count). The van der Waals surface area contributed by atoms with E-state index in [1.807, 2.05) is 28.6 Å². The van der Waals surface area contributed by atoms with Gasteiger partial charge in [-0.15, -0.1) is 15.3 Å². The minimum Gasteiger partial charge on any atom is -0.351 e. The SMILES string of the molecule is CN(c1ncncc1F)C1CN(c2ccc3nnc(C4CC4)n3n2)C1. The van der Waals surface area contributed by atoms with Crippen molar-refractivity contribution < 1.29 is 4.39 Å². The molecule has 0 atom stereocenters. The highest BCUT2D eigenvalue weighted by Crippen LogP contribution is 2.38. The van der Waals surface area contributed by atoms with Crippen LogP contribution >= 0.6 is 0 Å². The molecule has 0 amide bonds. The number of nitrogens with zero attached hydrogens (tertiary/aromatic N) is 8. The maximum Gasteiger partial charge on any atom is 0.183 e. The van der Waals surface area contributed by atoms with Gasteiger partial charge in [0.15, 0.2) is 23.1 Å². The lowest BCUT2D eigenvalue weighted by atomic mass is 10.1. The molecule has 25 heavy (non-hydrogen) atoms. The third-order valence-corrected chi connectivity index (χ3v) is 4.93. The van der Waals surface area contributed by atoms with Crippen molar-refractivity contribution in [2.75, 3.05) is 29.9 Å². The van der Waals surface area contributed by atoms with Gasteiger partial charge in [0.1, 0.15) is 12.1 Å². The number of rotatable bonds is 4. The molecule has 0 spiro atoms. The summed E-state index contributed by atoms with van der Waals surface area (Å²) in [7, 11) is 1.86. The normalized spacial score (nSPS) is 17.8. The van der Waals surface area contributed by atoms with E-state index in [-0.39, 0.29) is 6.04 Å². The number of halogens is 1. The molecule has 2 aliphatic rings. The van der Waals surface area contributed by atoms with Crippen molar-refractivity contribution in [1.82, 2.24) is 29.8 Å². The van der Waals surface area contributed by atoms with Crippen LogP contribution in [-0.2, 0) is 0 Å². The van der Waals surface area contributed by atoms with E-state index in [1.54, 1.807) is 0 Å². The Kier molecular flexibility index (Phi) is 3.09. The molecule has 0 unspecified atom stereocenters. The lowest BCUT2D eigenvalue weighted by Gasteiger charge is -2.44. The summed E-state index contributed by atoms with van der Waals surface area (Å²) in [4.78, 5) is 11.8. The van der Waals surface area contributed by atoms with Crippen LogP contribution in [0.25, 0.3) is 5.65 Å². The molecule has 1 saturated carbocycles. The molecule has 3 aromatic heterocycles. The van der Waals surface area contributed by atoms with E-state index >= 15 is 0 Å². The van der Waals surface area contributed by atoms with E-state index in [9.17, 15) is 4.39 Å². The van der Waals surface area contributed by atoms with Crippen molar-refractivity contribution in [2.45, 2.75) is 24.8 Å². The van der Waals surface area contributed by atoms with Crippen molar-refractivity contribution >= 4 is 17.3 Å². The molecule has 0 bridgehead atoms. The fourth-order valence-electron chi connectivity index (χ4n) is 3.19. The van der Waals surface area contributed by atoms with Gasteiger partial charge in [0.05, 0.1) is 12.2 Å². The molecule has 0 N–H and O–H groups in total. The summed E-state index contributed by atoms with van der Waals surface area (Å²) in [6, 6.07) is 4.09. The van der Waals surface area contributed by atoms with Crippen LogP contribution in [0.15, 0.2) is 24.7 Å². The highest BCUT2D eigenvalue weighted by molar-refractivity contribution is 5.51. The second-order valence-electron chi connectivity index (χ2n) is 6.66. The number of anilines is 2. The van der Waals surface area contributed by atoms with E-state index in [1.165, 1.54) is 12.5 Å². The van der Waals surface area contributed by atoms with Crippen molar-refractivity contribution in [3.63, 3.8) is 0 Å². The van der Waals surface area contributed by atoms with Gasteiger partial charge in [-0.05, 0) is 25.0 Å². The largest absolute Gasteiger partial charge is 0.351 e. The standard InChI is InChI=1S/C16H17FN8/c1-23(16-12(17)6-18-9-19-16)11-7-24(8-11)14-5-4-13-20-21-15(10-2-3-10)25(13)22-14/h4-6,9-11H,2-3,7-8H2,1H3. The molecule has 0 radical (unpaired) electrons. The van der Waals surface area contributed by atoms with Crippen molar-refractivity contribution in [3.8, 4) is 0 Å². The Hall–Kier alpha value is -2.84. The van der Waals surface area contributed by atoms with E-state index < -0.39 is 5.82 Å². The van der Waals surface area contributed by atoms with Crippen LogP contribution in [0.3, 0.4) is 0 Å². The highest BCUT2D eigenvalue weighted by atomic mass is 19.1. The first-order chi connectivity index (χ1) is 12.2. The van der Waals surface area contributed by atoms with Gasteiger partial charge in [-0.3, -0.25) is 0 Å². The quantitative estimate of drug-likeness (QED) is 0.707. The fourth-order valence-corrected chi connectivity index (χ4v) is 3.19. The lowest BCUT2D eigenvalue weighted by molar-refractivity contribution is 0.478. The maximum atomic E-state index is 13.8. The number of hydrogen-bond acceptors (Lipinski definition) is 7. The first kappa shape index (κ1) is 14.5. The van der Waals surface area contributed by atoms with Gasteiger partial charge in [0, 0.05) is 26.1 Å². The Morgan fingerprint density at radius 2 is 2.04 bits per heavy atom. The average molecular weight is 340 g/mol. The summed E-state index contributed by atoms with van der Waals surface area (Å²) >= 11 is 0. The second kappa shape index (κ2) is 5.33. The molecule has 1 saturated heterocycles.